The van der Waals surface area contributed by atoms with E-state index in [-0.39, 0.29) is 12.5 Å². The molecule has 8 nitrogen and oxygen atoms in total. The standard InChI is InChI=1S/C19H29N3O5/c1-6-13(2)15(16(23)21-22-18(25)27-19(3,4)5)20-17(24)26-12-14-10-8-7-9-11-14/h7-11,13,15H,6,12H2,1-5H3,(H,20,24)(H,21,23)(H,22,25)/t13-,15-/m0/s1. The zero-order chi connectivity index (χ0) is 20.4. The summed E-state index contributed by atoms with van der Waals surface area (Å²) in [5.74, 6) is -0.735. The van der Waals surface area contributed by atoms with Gasteiger partial charge in [-0.1, -0.05) is 50.6 Å². The van der Waals surface area contributed by atoms with E-state index in [1.54, 1.807) is 20.8 Å². The van der Waals surface area contributed by atoms with E-state index in [1.165, 1.54) is 0 Å². The molecule has 0 unspecified atom stereocenters. The highest BCUT2D eigenvalue weighted by Gasteiger charge is 2.27. The van der Waals surface area contributed by atoms with Crippen molar-refractivity contribution in [3.8, 4) is 0 Å². The molecule has 0 heterocycles. The van der Waals surface area contributed by atoms with Crippen LogP contribution in [0.25, 0.3) is 0 Å². The summed E-state index contributed by atoms with van der Waals surface area (Å²) in [6.45, 7) is 8.93. The third kappa shape index (κ3) is 8.94. The lowest BCUT2D eigenvalue weighted by molar-refractivity contribution is -0.125. The van der Waals surface area contributed by atoms with Gasteiger partial charge in [0.25, 0.3) is 5.91 Å². The number of alkyl carbamates (subject to hydrolysis) is 1. The van der Waals surface area contributed by atoms with Crippen LogP contribution in [0.2, 0.25) is 0 Å². The first kappa shape index (κ1) is 22.3. The van der Waals surface area contributed by atoms with Crippen LogP contribution >= 0.6 is 0 Å². The molecular weight excluding hydrogens is 350 g/mol. The first-order valence-corrected chi connectivity index (χ1v) is 8.88. The molecule has 0 radical (unpaired) electrons. The van der Waals surface area contributed by atoms with E-state index in [1.807, 2.05) is 44.2 Å². The van der Waals surface area contributed by atoms with Crippen molar-refractivity contribution in [2.24, 2.45) is 5.92 Å². The highest BCUT2D eigenvalue weighted by atomic mass is 16.6. The van der Waals surface area contributed by atoms with Gasteiger partial charge in [-0.3, -0.25) is 10.2 Å². The van der Waals surface area contributed by atoms with Gasteiger partial charge in [0.1, 0.15) is 18.2 Å². The van der Waals surface area contributed by atoms with Crippen LogP contribution in [0.4, 0.5) is 9.59 Å². The molecule has 1 aromatic rings. The molecule has 0 aromatic heterocycles. The highest BCUT2D eigenvalue weighted by molar-refractivity contribution is 5.87. The molecule has 1 rings (SSSR count). The van der Waals surface area contributed by atoms with Gasteiger partial charge >= 0.3 is 12.2 Å². The van der Waals surface area contributed by atoms with Gasteiger partial charge < -0.3 is 14.8 Å². The quantitative estimate of drug-likeness (QED) is 0.659. The van der Waals surface area contributed by atoms with Crippen LogP contribution in [0, 0.1) is 5.92 Å². The Hall–Kier alpha value is -2.77. The molecule has 27 heavy (non-hydrogen) atoms. The van der Waals surface area contributed by atoms with Gasteiger partial charge in [0, 0.05) is 0 Å². The number of benzene rings is 1. The fourth-order valence-electron chi connectivity index (χ4n) is 2.09. The Balaban J connectivity index is 2.57. The van der Waals surface area contributed by atoms with Crippen LogP contribution in [0.1, 0.15) is 46.6 Å². The van der Waals surface area contributed by atoms with Crippen LogP contribution in [-0.2, 0) is 20.9 Å². The van der Waals surface area contributed by atoms with Crippen molar-refractivity contribution in [2.75, 3.05) is 0 Å². The summed E-state index contributed by atoms with van der Waals surface area (Å²) in [5, 5.41) is 2.54. The molecule has 0 bridgehead atoms. The molecule has 0 saturated heterocycles. The lowest BCUT2D eigenvalue weighted by Crippen LogP contribution is -2.55. The van der Waals surface area contributed by atoms with Gasteiger partial charge in [0.2, 0.25) is 0 Å². The second-order valence-corrected chi connectivity index (χ2v) is 7.19. The van der Waals surface area contributed by atoms with Crippen molar-refractivity contribution in [2.45, 2.75) is 59.3 Å². The third-order valence-electron chi connectivity index (χ3n) is 3.67. The number of hydrogen-bond acceptors (Lipinski definition) is 5. The topological polar surface area (TPSA) is 106 Å². The summed E-state index contributed by atoms with van der Waals surface area (Å²) in [7, 11) is 0. The van der Waals surface area contributed by atoms with Gasteiger partial charge in [-0.05, 0) is 32.3 Å². The monoisotopic (exact) mass is 379 g/mol. The minimum absolute atomic E-state index is 0.0949. The van der Waals surface area contributed by atoms with E-state index in [2.05, 4.69) is 16.2 Å². The SMILES string of the molecule is CC[C@H](C)[C@H](NC(=O)OCc1ccccc1)C(=O)NNC(=O)OC(C)(C)C. The summed E-state index contributed by atoms with van der Waals surface area (Å²) < 4.78 is 10.2. The Bertz CT molecular complexity index is 628. The molecule has 0 spiro atoms. The van der Waals surface area contributed by atoms with Crippen molar-refractivity contribution in [3.05, 3.63) is 35.9 Å². The molecule has 8 heteroatoms. The Morgan fingerprint density at radius 1 is 1.04 bits per heavy atom. The Morgan fingerprint density at radius 2 is 1.67 bits per heavy atom. The van der Waals surface area contributed by atoms with Crippen LogP contribution in [-0.4, -0.2) is 29.7 Å². The number of hydrogen-bond donors (Lipinski definition) is 3. The van der Waals surface area contributed by atoms with Gasteiger partial charge in [-0.25, -0.2) is 15.0 Å². The summed E-state index contributed by atoms with van der Waals surface area (Å²) in [4.78, 5) is 36.1. The van der Waals surface area contributed by atoms with Gasteiger partial charge in [0.15, 0.2) is 0 Å². The molecule has 2 atom stereocenters. The molecule has 0 saturated carbocycles. The van der Waals surface area contributed by atoms with Crippen molar-refractivity contribution in [3.63, 3.8) is 0 Å². The number of ether oxygens (including phenoxy) is 2. The van der Waals surface area contributed by atoms with Gasteiger partial charge in [-0.15, -0.1) is 0 Å². The van der Waals surface area contributed by atoms with E-state index in [4.69, 9.17) is 9.47 Å². The number of carbonyl (C=O) groups excluding carboxylic acids is 3. The number of nitrogens with one attached hydrogen (secondary N) is 3. The van der Waals surface area contributed by atoms with Crippen LogP contribution in [0.15, 0.2) is 30.3 Å². The summed E-state index contributed by atoms with van der Waals surface area (Å²) in [5.41, 5.74) is 4.59. The minimum atomic E-state index is -0.867. The predicted molar refractivity (Wildman–Crippen MR) is 101 cm³/mol. The van der Waals surface area contributed by atoms with Crippen molar-refractivity contribution < 1.29 is 23.9 Å². The largest absolute Gasteiger partial charge is 0.445 e. The normalized spacial score (nSPS) is 13.1. The average molecular weight is 379 g/mol. The molecule has 3 N–H and O–H groups in total. The molecule has 3 amide bonds. The molecule has 0 aliphatic rings. The van der Waals surface area contributed by atoms with Gasteiger partial charge in [-0.2, -0.15) is 0 Å². The number of hydrazine groups is 1. The zero-order valence-electron chi connectivity index (χ0n) is 16.5. The summed E-state index contributed by atoms with van der Waals surface area (Å²) in [6, 6.07) is 8.34. The van der Waals surface area contributed by atoms with E-state index < -0.39 is 29.7 Å². The van der Waals surface area contributed by atoms with Crippen LogP contribution < -0.4 is 16.2 Å². The Kier molecular flexibility index (Phi) is 8.58. The Morgan fingerprint density at radius 3 is 2.22 bits per heavy atom. The summed E-state index contributed by atoms with van der Waals surface area (Å²) >= 11 is 0. The maximum absolute atomic E-state index is 12.4. The van der Waals surface area contributed by atoms with E-state index in [0.717, 1.165) is 5.56 Å². The first-order chi connectivity index (χ1) is 12.6. The molecule has 150 valence electrons. The maximum Gasteiger partial charge on any atom is 0.426 e. The van der Waals surface area contributed by atoms with Crippen molar-refractivity contribution in [1.29, 1.82) is 0 Å². The molecule has 0 aliphatic heterocycles. The molecule has 1 aromatic carbocycles. The van der Waals surface area contributed by atoms with E-state index in [0.29, 0.717) is 6.42 Å². The predicted octanol–water partition coefficient (Wildman–Crippen LogP) is 2.88. The molecule has 0 aliphatic carbocycles. The fraction of sp³-hybridized carbons (Fsp3) is 0.526. The van der Waals surface area contributed by atoms with Crippen molar-refractivity contribution >= 4 is 18.1 Å². The zero-order valence-corrected chi connectivity index (χ0v) is 16.5. The number of carbonyl (C=O) groups is 3. The summed E-state index contributed by atoms with van der Waals surface area (Å²) in [6.07, 6.45) is -0.856. The lowest BCUT2D eigenvalue weighted by atomic mass is 9.99. The maximum atomic E-state index is 12.4. The number of amides is 3. The second kappa shape index (κ2) is 10.4. The minimum Gasteiger partial charge on any atom is -0.445 e. The van der Waals surface area contributed by atoms with Crippen molar-refractivity contribution in [1.82, 2.24) is 16.2 Å². The molecular formula is C19H29N3O5. The highest BCUT2D eigenvalue weighted by Crippen LogP contribution is 2.09. The third-order valence-corrected chi connectivity index (χ3v) is 3.67. The van der Waals surface area contributed by atoms with Gasteiger partial charge in [0.05, 0.1) is 0 Å². The smallest absolute Gasteiger partial charge is 0.426 e. The first-order valence-electron chi connectivity index (χ1n) is 8.88. The Labute approximate surface area is 160 Å². The number of rotatable bonds is 6. The van der Waals surface area contributed by atoms with E-state index in [9.17, 15) is 14.4 Å². The second-order valence-electron chi connectivity index (χ2n) is 7.19. The average Bonchev–Trinajstić information content (AvgIpc) is 2.61. The lowest BCUT2D eigenvalue weighted by Gasteiger charge is -2.24. The molecule has 0 fully saturated rings. The van der Waals surface area contributed by atoms with Crippen LogP contribution in [0.5, 0.6) is 0 Å². The van der Waals surface area contributed by atoms with E-state index >= 15 is 0 Å². The fourth-order valence-corrected chi connectivity index (χ4v) is 2.09. The van der Waals surface area contributed by atoms with Crippen LogP contribution in [0.3, 0.4) is 0 Å².